The van der Waals surface area contributed by atoms with Gasteiger partial charge in [-0.15, -0.1) is 0 Å². The SMILES string of the molecule is COC(=O)CNC(=O)CNC(=O)c1cc2ccc(C(F)(F)F)cc2[nH]1. The Hall–Kier alpha value is -3.04. The molecule has 1 heterocycles. The number of benzene rings is 1. The van der Waals surface area contributed by atoms with Crippen LogP contribution in [-0.2, 0) is 20.5 Å². The van der Waals surface area contributed by atoms with Crippen LogP contribution < -0.4 is 10.6 Å². The lowest BCUT2D eigenvalue weighted by Crippen LogP contribution is -2.39. The summed E-state index contributed by atoms with van der Waals surface area (Å²) in [4.78, 5) is 36.9. The van der Waals surface area contributed by atoms with E-state index in [0.29, 0.717) is 5.39 Å². The number of halogens is 3. The molecule has 0 spiro atoms. The summed E-state index contributed by atoms with van der Waals surface area (Å²) >= 11 is 0. The monoisotopic (exact) mass is 357 g/mol. The summed E-state index contributed by atoms with van der Waals surface area (Å²) in [6.45, 7) is -0.739. The Morgan fingerprint density at radius 2 is 1.84 bits per heavy atom. The van der Waals surface area contributed by atoms with E-state index in [1.165, 1.54) is 12.1 Å². The minimum Gasteiger partial charge on any atom is -0.468 e. The predicted molar refractivity (Wildman–Crippen MR) is 80.7 cm³/mol. The van der Waals surface area contributed by atoms with Crippen molar-refractivity contribution in [3.05, 3.63) is 35.5 Å². The first-order valence-corrected chi connectivity index (χ1v) is 7.02. The zero-order chi connectivity index (χ0) is 18.6. The van der Waals surface area contributed by atoms with E-state index < -0.39 is 36.1 Å². The average Bonchev–Trinajstić information content (AvgIpc) is 2.99. The smallest absolute Gasteiger partial charge is 0.416 e. The van der Waals surface area contributed by atoms with Crippen molar-refractivity contribution in [1.29, 1.82) is 0 Å². The number of amides is 2. The van der Waals surface area contributed by atoms with Gasteiger partial charge in [0.1, 0.15) is 12.2 Å². The zero-order valence-corrected chi connectivity index (χ0v) is 13.0. The molecule has 10 heteroatoms. The van der Waals surface area contributed by atoms with E-state index in [1.807, 2.05) is 0 Å². The fraction of sp³-hybridized carbons (Fsp3) is 0.267. The fourth-order valence-electron chi connectivity index (χ4n) is 1.99. The summed E-state index contributed by atoms with van der Waals surface area (Å²) in [6.07, 6.45) is -4.49. The van der Waals surface area contributed by atoms with Crippen molar-refractivity contribution in [3.8, 4) is 0 Å². The molecule has 7 nitrogen and oxygen atoms in total. The number of nitrogens with one attached hydrogen (secondary N) is 3. The third-order valence-corrected chi connectivity index (χ3v) is 3.26. The van der Waals surface area contributed by atoms with Crippen LogP contribution in [0.1, 0.15) is 16.1 Å². The maximum absolute atomic E-state index is 12.7. The van der Waals surface area contributed by atoms with E-state index in [0.717, 1.165) is 19.2 Å². The molecule has 0 aliphatic rings. The molecule has 0 fully saturated rings. The number of carbonyl (C=O) groups is 3. The highest BCUT2D eigenvalue weighted by Crippen LogP contribution is 2.31. The van der Waals surface area contributed by atoms with Gasteiger partial charge in [0.2, 0.25) is 5.91 Å². The quantitative estimate of drug-likeness (QED) is 0.700. The molecule has 0 saturated heterocycles. The Balaban J connectivity index is 2.00. The van der Waals surface area contributed by atoms with E-state index in [-0.39, 0.29) is 17.8 Å². The molecule has 3 N–H and O–H groups in total. The number of rotatable bonds is 5. The number of aromatic nitrogens is 1. The standard InChI is InChI=1S/C15H14F3N3O4/c1-25-13(23)7-19-12(22)6-20-14(24)11-4-8-2-3-9(15(16,17)18)5-10(8)21-11/h2-5,21H,6-7H2,1H3,(H,19,22)(H,20,24). The van der Waals surface area contributed by atoms with Crippen molar-refractivity contribution in [1.82, 2.24) is 15.6 Å². The average molecular weight is 357 g/mol. The predicted octanol–water partition coefficient (Wildman–Crippen LogP) is 1.21. The zero-order valence-electron chi connectivity index (χ0n) is 13.0. The topological polar surface area (TPSA) is 100 Å². The van der Waals surface area contributed by atoms with E-state index >= 15 is 0 Å². The minimum absolute atomic E-state index is 0.00934. The number of H-pyrrole nitrogens is 1. The number of methoxy groups -OCH3 is 1. The second-order valence-corrected chi connectivity index (χ2v) is 5.02. The van der Waals surface area contributed by atoms with Gasteiger partial charge in [-0.05, 0) is 18.2 Å². The second kappa shape index (κ2) is 7.24. The van der Waals surface area contributed by atoms with Gasteiger partial charge in [-0.2, -0.15) is 13.2 Å². The Morgan fingerprint density at radius 3 is 2.48 bits per heavy atom. The molecule has 0 aliphatic carbocycles. The number of fused-ring (bicyclic) bond motifs is 1. The molecular weight excluding hydrogens is 343 g/mol. The van der Waals surface area contributed by atoms with Crippen LogP contribution >= 0.6 is 0 Å². The van der Waals surface area contributed by atoms with E-state index in [4.69, 9.17) is 0 Å². The van der Waals surface area contributed by atoms with E-state index in [1.54, 1.807) is 0 Å². The van der Waals surface area contributed by atoms with Gasteiger partial charge < -0.3 is 20.4 Å². The molecular formula is C15H14F3N3O4. The first-order valence-electron chi connectivity index (χ1n) is 7.02. The van der Waals surface area contributed by atoms with Gasteiger partial charge in [0.25, 0.3) is 5.91 Å². The number of hydrogen-bond donors (Lipinski definition) is 3. The first kappa shape index (κ1) is 18.3. The Morgan fingerprint density at radius 1 is 1.12 bits per heavy atom. The first-order chi connectivity index (χ1) is 11.7. The molecule has 25 heavy (non-hydrogen) atoms. The highest BCUT2D eigenvalue weighted by molar-refractivity contribution is 5.99. The molecule has 1 aromatic heterocycles. The van der Waals surface area contributed by atoms with E-state index in [2.05, 4.69) is 20.4 Å². The summed E-state index contributed by atoms with van der Waals surface area (Å²) < 4.78 is 42.4. The summed E-state index contributed by atoms with van der Waals surface area (Å²) in [5.74, 6) is -1.93. The Labute approximate surface area is 139 Å². The van der Waals surface area contributed by atoms with Crippen LogP contribution in [0.15, 0.2) is 24.3 Å². The fourth-order valence-corrected chi connectivity index (χ4v) is 1.99. The van der Waals surface area contributed by atoms with Gasteiger partial charge in [0.05, 0.1) is 19.2 Å². The van der Waals surface area contributed by atoms with Crippen LogP contribution in [0.5, 0.6) is 0 Å². The van der Waals surface area contributed by atoms with Gasteiger partial charge in [-0.1, -0.05) is 6.07 Å². The number of carbonyl (C=O) groups excluding carboxylic acids is 3. The molecule has 2 aromatic rings. The van der Waals surface area contributed by atoms with Crippen molar-refractivity contribution in [2.24, 2.45) is 0 Å². The van der Waals surface area contributed by atoms with Crippen molar-refractivity contribution >= 4 is 28.7 Å². The van der Waals surface area contributed by atoms with Crippen LogP contribution in [-0.4, -0.2) is 43.0 Å². The number of aromatic amines is 1. The molecule has 1 aromatic carbocycles. The number of alkyl halides is 3. The van der Waals surface area contributed by atoms with E-state index in [9.17, 15) is 27.6 Å². The van der Waals surface area contributed by atoms with Crippen molar-refractivity contribution in [3.63, 3.8) is 0 Å². The van der Waals surface area contributed by atoms with Crippen LogP contribution in [0, 0.1) is 0 Å². The van der Waals surface area contributed by atoms with Gasteiger partial charge in [0.15, 0.2) is 0 Å². The summed E-state index contributed by atoms with van der Waals surface area (Å²) in [7, 11) is 1.16. The highest BCUT2D eigenvalue weighted by Gasteiger charge is 2.30. The Kier molecular flexibility index (Phi) is 5.30. The minimum atomic E-state index is -4.49. The highest BCUT2D eigenvalue weighted by atomic mass is 19.4. The van der Waals surface area contributed by atoms with Crippen molar-refractivity contribution < 1.29 is 32.3 Å². The van der Waals surface area contributed by atoms with Gasteiger partial charge in [-0.3, -0.25) is 14.4 Å². The molecule has 0 saturated carbocycles. The lowest BCUT2D eigenvalue weighted by molar-refractivity contribution is -0.141. The third kappa shape index (κ3) is 4.72. The van der Waals surface area contributed by atoms with Crippen LogP contribution in [0.4, 0.5) is 13.2 Å². The van der Waals surface area contributed by atoms with Crippen LogP contribution in [0.3, 0.4) is 0 Å². The molecule has 0 bridgehead atoms. The molecule has 0 aliphatic heterocycles. The number of hydrogen-bond acceptors (Lipinski definition) is 4. The summed E-state index contributed by atoms with van der Waals surface area (Å²) in [5, 5.41) is 4.94. The summed E-state index contributed by atoms with van der Waals surface area (Å²) in [6, 6.07) is 4.43. The summed E-state index contributed by atoms with van der Waals surface area (Å²) in [5.41, 5.74) is -0.679. The van der Waals surface area contributed by atoms with Gasteiger partial charge in [0, 0.05) is 10.9 Å². The van der Waals surface area contributed by atoms with Gasteiger partial charge in [-0.25, -0.2) is 0 Å². The maximum Gasteiger partial charge on any atom is 0.416 e. The lowest BCUT2D eigenvalue weighted by Gasteiger charge is -2.05. The number of ether oxygens (including phenoxy) is 1. The number of esters is 1. The third-order valence-electron chi connectivity index (χ3n) is 3.26. The van der Waals surface area contributed by atoms with Gasteiger partial charge >= 0.3 is 12.1 Å². The maximum atomic E-state index is 12.7. The molecule has 2 amide bonds. The lowest BCUT2D eigenvalue weighted by atomic mass is 10.1. The molecule has 0 unspecified atom stereocenters. The van der Waals surface area contributed by atoms with Crippen LogP contribution in [0.2, 0.25) is 0 Å². The van der Waals surface area contributed by atoms with Crippen LogP contribution in [0.25, 0.3) is 10.9 Å². The second-order valence-electron chi connectivity index (χ2n) is 5.02. The molecule has 0 radical (unpaired) electrons. The van der Waals surface area contributed by atoms with Crippen molar-refractivity contribution in [2.75, 3.05) is 20.2 Å². The normalized spacial score (nSPS) is 11.2. The van der Waals surface area contributed by atoms with Crippen molar-refractivity contribution in [2.45, 2.75) is 6.18 Å². The largest absolute Gasteiger partial charge is 0.468 e. The molecule has 2 rings (SSSR count). The molecule has 134 valence electrons. The molecule has 0 atom stereocenters. The Bertz CT molecular complexity index is 814.